The summed E-state index contributed by atoms with van der Waals surface area (Å²) in [7, 11) is -8.34. The SMILES string of the molecule is COc1cc(S(=O)(=O)O)ccc1N=Nc1c(S(=O)(=O)O)cc2cc(C)c(N=Nc3ccccc3C(=O)O)c(O)c2c1N. The molecule has 0 spiro atoms. The van der Waals surface area contributed by atoms with E-state index < -0.39 is 53.1 Å². The number of phenolic OH excluding ortho intramolecular Hbond substituents is 1. The molecule has 0 fully saturated rings. The van der Waals surface area contributed by atoms with Gasteiger partial charge in [0.25, 0.3) is 20.2 Å². The number of ether oxygens (including phenoxy) is 1. The van der Waals surface area contributed by atoms with Gasteiger partial charge >= 0.3 is 5.97 Å². The summed E-state index contributed by atoms with van der Waals surface area (Å²) in [5.74, 6) is -1.96. The second-order valence-corrected chi connectivity index (χ2v) is 11.4. The molecule has 4 rings (SSSR count). The highest BCUT2D eigenvalue weighted by Gasteiger charge is 2.24. The smallest absolute Gasteiger partial charge is 0.337 e. The van der Waals surface area contributed by atoms with Crippen molar-refractivity contribution in [3.8, 4) is 11.5 Å². The average Bonchev–Trinajstić information content (AvgIpc) is 2.91. The van der Waals surface area contributed by atoms with Gasteiger partial charge in [0.2, 0.25) is 0 Å². The van der Waals surface area contributed by atoms with Crippen LogP contribution in [0.2, 0.25) is 0 Å². The van der Waals surface area contributed by atoms with Gasteiger partial charge in [-0.2, -0.15) is 16.8 Å². The van der Waals surface area contributed by atoms with Crippen molar-refractivity contribution in [1.82, 2.24) is 0 Å². The summed E-state index contributed by atoms with van der Waals surface area (Å²) < 4.78 is 71.6. The fourth-order valence-electron chi connectivity index (χ4n) is 3.95. The number of anilines is 1. The van der Waals surface area contributed by atoms with Crippen LogP contribution in [-0.2, 0) is 20.2 Å². The zero-order chi connectivity index (χ0) is 31.0. The van der Waals surface area contributed by atoms with Gasteiger partial charge < -0.3 is 20.7 Å². The first kappa shape index (κ1) is 30.0. The molecule has 218 valence electrons. The number of nitrogens with two attached hydrogens (primary N) is 1. The summed E-state index contributed by atoms with van der Waals surface area (Å²) in [6, 6.07) is 11.2. The first-order chi connectivity index (χ1) is 19.6. The number of aromatic hydroxyl groups is 1. The highest BCUT2D eigenvalue weighted by Crippen LogP contribution is 2.47. The van der Waals surface area contributed by atoms with Gasteiger partial charge in [0, 0.05) is 6.07 Å². The van der Waals surface area contributed by atoms with Crippen LogP contribution in [0.3, 0.4) is 0 Å². The summed E-state index contributed by atoms with van der Waals surface area (Å²) >= 11 is 0. The third-order valence-electron chi connectivity index (χ3n) is 5.92. The molecule has 42 heavy (non-hydrogen) atoms. The number of hydrogen-bond acceptors (Lipinski definition) is 12. The predicted molar refractivity (Wildman–Crippen MR) is 149 cm³/mol. The van der Waals surface area contributed by atoms with Crippen molar-refractivity contribution in [3.05, 3.63) is 65.7 Å². The number of phenols is 1. The van der Waals surface area contributed by atoms with Crippen molar-refractivity contribution in [2.45, 2.75) is 16.7 Å². The van der Waals surface area contributed by atoms with Crippen molar-refractivity contribution in [1.29, 1.82) is 0 Å². The van der Waals surface area contributed by atoms with Crippen LogP contribution in [0.25, 0.3) is 10.8 Å². The molecule has 0 aliphatic carbocycles. The van der Waals surface area contributed by atoms with Crippen molar-refractivity contribution in [3.63, 3.8) is 0 Å². The minimum Gasteiger partial charge on any atom is -0.505 e. The maximum Gasteiger partial charge on any atom is 0.337 e. The monoisotopic (exact) mass is 615 g/mol. The summed E-state index contributed by atoms with van der Waals surface area (Å²) in [4.78, 5) is 10.2. The third-order valence-corrected chi connectivity index (χ3v) is 7.63. The Morgan fingerprint density at radius 3 is 2.12 bits per heavy atom. The lowest BCUT2D eigenvalue weighted by molar-refractivity contribution is 0.0697. The molecule has 0 radical (unpaired) electrons. The van der Waals surface area contributed by atoms with Crippen LogP contribution in [0.1, 0.15) is 15.9 Å². The standard InChI is InChI=1S/C25H21N5O10S2/c1-12-9-13-10-19(42(37,38)39)23(30-28-17-8-7-14(41(34,35)36)11-18(17)40-2)21(26)20(13)24(31)22(12)29-27-16-6-4-3-5-15(16)25(32)33/h3-11,31H,26H2,1-2H3,(H,32,33)(H,34,35,36)(H,37,38,39). The maximum absolute atomic E-state index is 12.3. The zero-order valence-corrected chi connectivity index (χ0v) is 23.3. The van der Waals surface area contributed by atoms with E-state index in [1.807, 2.05) is 0 Å². The van der Waals surface area contributed by atoms with E-state index in [0.29, 0.717) is 5.56 Å². The van der Waals surface area contributed by atoms with Gasteiger partial charge in [0.1, 0.15) is 33.4 Å². The number of carboxylic acids is 1. The molecule has 0 atom stereocenters. The second-order valence-electron chi connectivity index (χ2n) is 8.63. The number of fused-ring (bicyclic) bond motifs is 1. The molecule has 0 amide bonds. The van der Waals surface area contributed by atoms with Gasteiger partial charge in [-0.3, -0.25) is 9.11 Å². The van der Waals surface area contributed by atoms with Crippen LogP contribution in [0.4, 0.5) is 28.4 Å². The largest absolute Gasteiger partial charge is 0.505 e. The Labute approximate surface area is 238 Å². The molecule has 0 bridgehead atoms. The highest BCUT2D eigenvalue weighted by molar-refractivity contribution is 7.86. The minimum absolute atomic E-state index is 0.00189. The zero-order valence-electron chi connectivity index (χ0n) is 21.6. The molecule has 0 aliphatic heterocycles. The first-order valence-electron chi connectivity index (χ1n) is 11.5. The van der Waals surface area contributed by atoms with Crippen molar-refractivity contribution < 1.29 is 45.7 Å². The molecule has 4 aromatic carbocycles. The average molecular weight is 616 g/mol. The van der Waals surface area contributed by atoms with Gasteiger partial charge in [-0.15, -0.1) is 20.5 Å². The van der Waals surface area contributed by atoms with Gasteiger partial charge in [-0.05, 0) is 54.3 Å². The fourth-order valence-corrected chi connectivity index (χ4v) is 5.12. The molecule has 0 heterocycles. The number of azo groups is 2. The Kier molecular flexibility index (Phi) is 7.95. The van der Waals surface area contributed by atoms with Crippen molar-refractivity contribution >= 4 is 65.4 Å². The molecule has 0 saturated heterocycles. The van der Waals surface area contributed by atoms with Crippen LogP contribution < -0.4 is 10.5 Å². The number of rotatable bonds is 8. The van der Waals surface area contributed by atoms with E-state index in [2.05, 4.69) is 20.5 Å². The van der Waals surface area contributed by atoms with E-state index in [-0.39, 0.29) is 39.1 Å². The van der Waals surface area contributed by atoms with E-state index in [1.165, 1.54) is 38.3 Å². The first-order valence-corrected chi connectivity index (χ1v) is 14.4. The predicted octanol–water partition coefficient (Wildman–Crippen LogP) is 5.47. The maximum atomic E-state index is 12.3. The number of aromatic carboxylic acids is 1. The molecule has 4 aromatic rings. The third kappa shape index (κ3) is 5.88. The van der Waals surface area contributed by atoms with E-state index in [0.717, 1.165) is 24.3 Å². The Morgan fingerprint density at radius 2 is 1.50 bits per heavy atom. The fraction of sp³-hybridized carbons (Fsp3) is 0.0800. The number of carboxylic acid groups (broad SMARTS) is 1. The van der Waals surface area contributed by atoms with Crippen molar-refractivity contribution in [2.24, 2.45) is 20.5 Å². The number of methoxy groups -OCH3 is 1. The minimum atomic E-state index is -4.95. The lowest BCUT2D eigenvalue weighted by atomic mass is 10.0. The van der Waals surface area contributed by atoms with E-state index in [9.17, 15) is 40.9 Å². The summed E-state index contributed by atoms with van der Waals surface area (Å²) in [6.45, 7) is 1.52. The van der Waals surface area contributed by atoms with Crippen LogP contribution in [0, 0.1) is 6.92 Å². The Morgan fingerprint density at radius 1 is 0.857 bits per heavy atom. The van der Waals surface area contributed by atoms with Crippen LogP contribution in [0.5, 0.6) is 11.5 Å². The number of nitrogen functional groups attached to an aromatic ring is 1. The number of carbonyl (C=O) groups is 1. The van der Waals surface area contributed by atoms with Crippen molar-refractivity contribution in [2.75, 3.05) is 12.8 Å². The molecular formula is C25H21N5O10S2. The summed E-state index contributed by atoms with van der Waals surface area (Å²) in [6.07, 6.45) is 0. The second kappa shape index (κ2) is 11.1. The number of nitrogens with zero attached hydrogens (tertiary/aromatic N) is 4. The van der Waals surface area contributed by atoms with Gasteiger partial charge in [-0.25, -0.2) is 4.79 Å². The molecular weight excluding hydrogens is 594 g/mol. The topological polar surface area (TPSA) is 251 Å². The molecule has 15 nitrogen and oxygen atoms in total. The van der Waals surface area contributed by atoms with Crippen LogP contribution in [0.15, 0.2) is 84.8 Å². The summed E-state index contributed by atoms with van der Waals surface area (Å²) in [5.41, 5.74) is 5.17. The van der Waals surface area contributed by atoms with Crippen LogP contribution >= 0.6 is 0 Å². The lowest BCUT2D eigenvalue weighted by Gasteiger charge is -2.14. The van der Waals surface area contributed by atoms with Gasteiger partial charge in [0.05, 0.1) is 28.6 Å². The number of benzene rings is 4. The molecule has 6 N–H and O–H groups in total. The number of aryl methyl sites for hydroxylation is 1. The highest BCUT2D eigenvalue weighted by atomic mass is 32.2. The molecule has 0 saturated carbocycles. The lowest BCUT2D eigenvalue weighted by Crippen LogP contribution is -2.02. The van der Waals surface area contributed by atoms with Gasteiger partial charge in [-0.1, -0.05) is 12.1 Å². The van der Waals surface area contributed by atoms with E-state index in [4.69, 9.17) is 10.5 Å². The number of hydrogen-bond donors (Lipinski definition) is 5. The normalized spacial score (nSPS) is 12.4. The van der Waals surface area contributed by atoms with Gasteiger partial charge in [0.15, 0.2) is 5.75 Å². The molecule has 0 unspecified atom stereocenters. The Hall–Kier alpha value is -4.97. The molecule has 0 aromatic heterocycles. The Balaban J connectivity index is 1.92. The Bertz CT molecular complexity index is 2040. The van der Waals surface area contributed by atoms with Crippen LogP contribution in [-0.4, -0.2) is 49.2 Å². The summed E-state index contributed by atoms with van der Waals surface area (Å²) in [5, 5.41) is 36.1. The van der Waals surface area contributed by atoms with E-state index >= 15 is 0 Å². The molecule has 17 heteroatoms. The molecule has 0 aliphatic rings. The van der Waals surface area contributed by atoms with E-state index in [1.54, 1.807) is 6.07 Å². The quantitative estimate of drug-likeness (QED) is 0.0943.